The minimum absolute atomic E-state index is 0.107. The number of carbonyl (C=O) groups excluding carboxylic acids is 1. The average molecular weight is 482 g/mol. The van der Waals surface area contributed by atoms with Crippen LogP contribution in [0.25, 0.3) is 16.7 Å². The van der Waals surface area contributed by atoms with Crippen LogP contribution in [0.5, 0.6) is 0 Å². The molecule has 0 aliphatic heterocycles. The fraction of sp³-hybridized carbons (Fsp3) is 0.238. The van der Waals surface area contributed by atoms with Crippen molar-refractivity contribution in [3.8, 4) is 0 Å². The molecule has 4 aromatic rings. The number of benzene rings is 1. The highest BCUT2D eigenvalue weighted by atomic mass is 35.5. The van der Waals surface area contributed by atoms with Gasteiger partial charge in [0.05, 0.1) is 11.0 Å². The van der Waals surface area contributed by atoms with Crippen molar-refractivity contribution in [1.29, 1.82) is 0 Å². The molecule has 3 heterocycles. The Morgan fingerprint density at radius 1 is 1.12 bits per heavy atom. The number of halogens is 4. The van der Waals surface area contributed by atoms with Crippen molar-refractivity contribution in [3.05, 3.63) is 64.6 Å². The van der Waals surface area contributed by atoms with Gasteiger partial charge in [0.1, 0.15) is 11.5 Å². The van der Waals surface area contributed by atoms with Crippen molar-refractivity contribution in [3.63, 3.8) is 0 Å². The SMILES string of the molecule is CCNC(=O)c1cc2c(ccc3nnc(C)n32)n1Cc1cccc(Cl)c1.O=C(O)C(F)(F)F. The molecule has 2 N–H and O–H groups in total. The largest absolute Gasteiger partial charge is 0.490 e. The number of nitrogens with one attached hydrogen (secondary N) is 1. The molecule has 1 aromatic carbocycles. The van der Waals surface area contributed by atoms with Gasteiger partial charge < -0.3 is 15.0 Å². The first-order valence-electron chi connectivity index (χ1n) is 9.69. The van der Waals surface area contributed by atoms with Crippen LogP contribution in [0.2, 0.25) is 5.02 Å². The molecule has 0 bridgehead atoms. The minimum Gasteiger partial charge on any atom is -0.475 e. The van der Waals surface area contributed by atoms with E-state index in [4.69, 9.17) is 21.5 Å². The van der Waals surface area contributed by atoms with Crippen LogP contribution in [0.15, 0.2) is 42.5 Å². The summed E-state index contributed by atoms with van der Waals surface area (Å²) in [6.45, 7) is 4.92. The third kappa shape index (κ3) is 5.25. The highest BCUT2D eigenvalue weighted by molar-refractivity contribution is 6.30. The van der Waals surface area contributed by atoms with E-state index < -0.39 is 12.1 Å². The number of aromatic nitrogens is 4. The summed E-state index contributed by atoms with van der Waals surface area (Å²) in [5, 5.41) is 19.0. The van der Waals surface area contributed by atoms with Gasteiger partial charge in [-0.1, -0.05) is 23.7 Å². The number of pyridine rings is 1. The lowest BCUT2D eigenvalue weighted by Crippen LogP contribution is -2.25. The number of fused-ring (bicyclic) bond motifs is 3. The lowest BCUT2D eigenvalue weighted by molar-refractivity contribution is -0.192. The topological polar surface area (TPSA) is 102 Å². The molecule has 1 amide bonds. The quantitative estimate of drug-likeness (QED) is 0.457. The number of carboxylic acids is 1. The number of aliphatic carboxylic acids is 1. The van der Waals surface area contributed by atoms with Crippen molar-refractivity contribution >= 4 is 40.2 Å². The van der Waals surface area contributed by atoms with Gasteiger partial charge in [0.25, 0.3) is 5.91 Å². The third-order valence-electron chi connectivity index (χ3n) is 4.64. The van der Waals surface area contributed by atoms with Crippen LogP contribution in [0, 0.1) is 6.92 Å². The normalized spacial score (nSPS) is 11.3. The standard InChI is InChI=1S/C19H18ClN5O.C2HF3O2/c1-3-21-19(26)17-10-16-15(7-8-18-23-22-12(2)25(16)18)24(17)11-13-5-4-6-14(20)9-13;3-2(4,5)1(6)7/h4-10H,3,11H2,1-2H3,(H,21,26);(H,6,7). The van der Waals surface area contributed by atoms with Gasteiger partial charge in [-0.15, -0.1) is 10.2 Å². The Balaban J connectivity index is 0.000000383. The van der Waals surface area contributed by atoms with E-state index in [1.54, 1.807) is 0 Å². The summed E-state index contributed by atoms with van der Waals surface area (Å²) in [6, 6.07) is 13.5. The van der Waals surface area contributed by atoms with Gasteiger partial charge in [-0.2, -0.15) is 13.2 Å². The van der Waals surface area contributed by atoms with Gasteiger partial charge in [-0.25, -0.2) is 4.79 Å². The van der Waals surface area contributed by atoms with Crippen molar-refractivity contribution in [2.45, 2.75) is 26.6 Å². The zero-order chi connectivity index (χ0) is 24.3. The van der Waals surface area contributed by atoms with E-state index in [-0.39, 0.29) is 5.91 Å². The number of carboxylic acid groups (broad SMARTS) is 1. The first-order chi connectivity index (χ1) is 15.5. The molecule has 0 saturated heterocycles. The van der Waals surface area contributed by atoms with Crippen LogP contribution in [-0.2, 0) is 11.3 Å². The molecule has 0 fully saturated rings. The predicted molar refractivity (Wildman–Crippen MR) is 115 cm³/mol. The van der Waals surface area contributed by atoms with Crippen LogP contribution in [0.4, 0.5) is 13.2 Å². The molecule has 0 atom stereocenters. The van der Waals surface area contributed by atoms with Crippen LogP contribution in [0.1, 0.15) is 28.8 Å². The van der Waals surface area contributed by atoms with Gasteiger partial charge in [0.2, 0.25) is 0 Å². The van der Waals surface area contributed by atoms with Crippen LogP contribution < -0.4 is 5.32 Å². The monoisotopic (exact) mass is 481 g/mol. The molecular weight excluding hydrogens is 463 g/mol. The van der Waals surface area contributed by atoms with Gasteiger partial charge >= 0.3 is 12.1 Å². The van der Waals surface area contributed by atoms with Crippen molar-refractivity contribution in [1.82, 2.24) is 24.5 Å². The maximum atomic E-state index is 12.7. The summed E-state index contributed by atoms with van der Waals surface area (Å²) in [6.07, 6.45) is -5.08. The zero-order valence-corrected chi connectivity index (χ0v) is 18.3. The number of alkyl halides is 3. The van der Waals surface area contributed by atoms with Crippen LogP contribution >= 0.6 is 11.6 Å². The average Bonchev–Trinajstić information content (AvgIpc) is 3.29. The highest BCUT2D eigenvalue weighted by Gasteiger charge is 2.38. The fourth-order valence-electron chi connectivity index (χ4n) is 3.27. The minimum atomic E-state index is -5.08. The van der Waals surface area contributed by atoms with Crippen molar-refractivity contribution < 1.29 is 27.9 Å². The summed E-state index contributed by atoms with van der Waals surface area (Å²) in [5.74, 6) is -2.08. The molecule has 8 nitrogen and oxygen atoms in total. The second-order valence-electron chi connectivity index (χ2n) is 6.95. The molecule has 0 radical (unpaired) electrons. The second kappa shape index (κ2) is 9.49. The molecule has 174 valence electrons. The van der Waals surface area contributed by atoms with E-state index in [2.05, 4.69) is 15.5 Å². The Hall–Kier alpha value is -3.60. The van der Waals surface area contributed by atoms with Gasteiger partial charge in [-0.3, -0.25) is 9.20 Å². The van der Waals surface area contributed by atoms with E-state index in [9.17, 15) is 18.0 Å². The van der Waals surface area contributed by atoms with E-state index >= 15 is 0 Å². The summed E-state index contributed by atoms with van der Waals surface area (Å²) < 4.78 is 35.7. The van der Waals surface area contributed by atoms with Gasteiger partial charge in [-0.05, 0) is 49.7 Å². The first kappa shape index (κ1) is 24.1. The molecule has 33 heavy (non-hydrogen) atoms. The predicted octanol–water partition coefficient (Wildman–Crippen LogP) is 4.08. The molecule has 0 saturated carbocycles. The van der Waals surface area contributed by atoms with E-state index in [0.717, 1.165) is 28.1 Å². The number of hydrogen-bond acceptors (Lipinski definition) is 4. The summed E-state index contributed by atoms with van der Waals surface area (Å²) in [7, 11) is 0. The molecule has 0 spiro atoms. The molecule has 3 aromatic heterocycles. The summed E-state index contributed by atoms with van der Waals surface area (Å²) in [4.78, 5) is 21.5. The van der Waals surface area contributed by atoms with E-state index in [1.807, 2.05) is 65.3 Å². The number of rotatable bonds is 4. The lowest BCUT2D eigenvalue weighted by atomic mass is 10.2. The van der Waals surface area contributed by atoms with Gasteiger partial charge in [0.15, 0.2) is 5.65 Å². The maximum Gasteiger partial charge on any atom is 0.490 e. The number of hydrogen-bond donors (Lipinski definition) is 2. The Kier molecular flexibility index (Phi) is 6.92. The Bertz CT molecular complexity index is 1330. The molecule has 0 unspecified atom stereocenters. The molecular formula is C21H19ClF3N5O3. The Morgan fingerprint density at radius 3 is 2.42 bits per heavy atom. The molecule has 4 rings (SSSR count). The molecule has 0 aliphatic carbocycles. The molecule has 0 aliphatic rings. The Labute approximate surface area is 190 Å². The van der Waals surface area contributed by atoms with Crippen molar-refractivity contribution in [2.75, 3.05) is 6.54 Å². The summed E-state index contributed by atoms with van der Waals surface area (Å²) >= 11 is 6.13. The zero-order valence-electron chi connectivity index (χ0n) is 17.5. The maximum absolute atomic E-state index is 12.7. The van der Waals surface area contributed by atoms with Crippen molar-refractivity contribution in [2.24, 2.45) is 0 Å². The number of aryl methyl sites for hydroxylation is 1. The third-order valence-corrected chi connectivity index (χ3v) is 4.88. The summed E-state index contributed by atoms with van der Waals surface area (Å²) in [5.41, 5.74) is 4.25. The highest BCUT2D eigenvalue weighted by Crippen LogP contribution is 2.24. The van der Waals surface area contributed by atoms with Gasteiger partial charge in [0, 0.05) is 18.1 Å². The first-order valence-corrected chi connectivity index (χ1v) is 10.1. The van der Waals surface area contributed by atoms with Crippen LogP contribution in [0.3, 0.4) is 0 Å². The second-order valence-corrected chi connectivity index (χ2v) is 7.39. The lowest BCUT2D eigenvalue weighted by Gasteiger charge is -2.11. The Morgan fingerprint density at radius 2 is 1.82 bits per heavy atom. The van der Waals surface area contributed by atoms with Crippen LogP contribution in [-0.4, -0.2) is 48.9 Å². The van der Waals surface area contributed by atoms with E-state index in [0.29, 0.717) is 23.8 Å². The fourth-order valence-corrected chi connectivity index (χ4v) is 3.48. The van der Waals surface area contributed by atoms with E-state index in [1.165, 1.54) is 0 Å². The number of amides is 1. The number of nitrogens with zero attached hydrogens (tertiary/aromatic N) is 4. The number of carbonyl (C=O) groups is 2. The smallest absolute Gasteiger partial charge is 0.475 e. The molecule has 12 heteroatoms.